The standard InChI is InChI=1S/C15H19ClN2O5S/c1-23-15(20)12-8-11(5-6-13(12)16)17-14(19)10-4-3-7-18(9-10)24(2,21)22/h5-6,8,10H,3-4,7,9H2,1-2H3,(H,17,19)/t10-/m1/s1. The second-order valence-corrected chi connectivity index (χ2v) is 8.03. The van der Waals surface area contributed by atoms with Crippen molar-refractivity contribution in [2.24, 2.45) is 5.92 Å². The van der Waals surface area contributed by atoms with E-state index in [9.17, 15) is 18.0 Å². The van der Waals surface area contributed by atoms with Gasteiger partial charge in [0.25, 0.3) is 0 Å². The predicted molar refractivity (Wildman–Crippen MR) is 90.6 cm³/mol. The molecule has 132 valence electrons. The number of ether oxygens (including phenoxy) is 1. The first kappa shape index (κ1) is 18.7. The van der Waals surface area contributed by atoms with E-state index in [4.69, 9.17) is 11.6 Å². The van der Waals surface area contributed by atoms with Gasteiger partial charge in [-0.3, -0.25) is 4.79 Å². The lowest BCUT2D eigenvalue weighted by Gasteiger charge is -2.30. The number of esters is 1. The van der Waals surface area contributed by atoms with Gasteiger partial charge < -0.3 is 10.1 Å². The number of sulfonamides is 1. The molecule has 0 aromatic heterocycles. The number of benzene rings is 1. The minimum atomic E-state index is -3.32. The van der Waals surface area contributed by atoms with Gasteiger partial charge in [-0.05, 0) is 31.0 Å². The summed E-state index contributed by atoms with van der Waals surface area (Å²) >= 11 is 5.94. The normalized spacial score (nSPS) is 18.9. The lowest BCUT2D eigenvalue weighted by molar-refractivity contribution is -0.120. The fraction of sp³-hybridized carbons (Fsp3) is 0.467. The van der Waals surface area contributed by atoms with Crippen LogP contribution < -0.4 is 5.32 Å². The number of halogens is 1. The zero-order chi connectivity index (χ0) is 17.9. The number of piperidine rings is 1. The number of hydrogen-bond acceptors (Lipinski definition) is 5. The molecule has 1 aliphatic heterocycles. The summed E-state index contributed by atoms with van der Waals surface area (Å²) in [7, 11) is -2.08. The summed E-state index contributed by atoms with van der Waals surface area (Å²) in [6.07, 6.45) is 2.36. The van der Waals surface area contributed by atoms with E-state index in [1.807, 2.05) is 0 Å². The van der Waals surface area contributed by atoms with Crippen LogP contribution in [-0.2, 0) is 19.6 Å². The van der Waals surface area contributed by atoms with Gasteiger partial charge in [0.15, 0.2) is 0 Å². The van der Waals surface area contributed by atoms with Gasteiger partial charge in [0, 0.05) is 18.8 Å². The van der Waals surface area contributed by atoms with Crippen molar-refractivity contribution in [3.63, 3.8) is 0 Å². The molecular weight excluding hydrogens is 356 g/mol. The number of carbonyl (C=O) groups is 2. The molecule has 1 amide bonds. The van der Waals surface area contributed by atoms with Crippen LogP contribution in [0.3, 0.4) is 0 Å². The van der Waals surface area contributed by atoms with E-state index in [1.54, 1.807) is 6.07 Å². The average molecular weight is 375 g/mol. The first-order valence-corrected chi connectivity index (χ1v) is 9.59. The summed E-state index contributed by atoms with van der Waals surface area (Å²) in [5.41, 5.74) is 0.555. The monoisotopic (exact) mass is 374 g/mol. The number of methoxy groups -OCH3 is 1. The number of rotatable bonds is 4. The molecule has 1 aliphatic rings. The molecule has 7 nitrogen and oxygen atoms in total. The minimum absolute atomic E-state index is 0.151. The molecule has 1 aromatic rings. The fourth-order valence-corrected chi connectivity index (χ4v) is 3.68. The molecule has 0 aliphatic carbocycles. The first-order chi connectivity index (χ1) is 11.2. The lowest BCUT2D eigenvalue weighted by atomic mass is 9.98. The molecule has 0 spiro atoms. The van der Waals surface area contributed by atoms with Crippen molar-refractivity contribution in [2.75, 3.05) is 31.8 Å². The maximum absolute atomic E-state index is 12.4. The van der Waals surface area contributed by atoms with Crippen LogP contribution in [0.25, 0.3) is 0 Å². The number of amides is 1. The van der Waals surface area contributed by atoms with Gasteiger partial charge in [-0.25, -0.2) is 17.5 Å². The number of anilines is 1. The number of carbonyl (C=O) groups excluding carboxylic acids is 2. The zero-order valence-electron chi connectivity index (χ0n) is 13.4. The summed E-state index contributed by atoms with van der Waals surface area (Å²) in [6.45, 7) is 0.582. The molecule has 0 unspecified atom stereocenters. The van der Waals surface area contributed by atoms with E-state index in [1.165, 1.54) is 23.5 Å². The maximum atomic E-state index is 12.4. The van der Waals surface area contributed by atoms with Gasteiger partial charge in [-0.1, -0.05) is 11.6 Å². The van der Waals surface area contributed by atoms with E-state index in [0.29, 0.717) is 25.1 Å². The molecule has 1 fully saturated rings. The van der Waals surface area contributed by atoms with Crippen LogP contribution in [0.1, 0.15) is 23.2 Å². The fourth-order valence-electron chi connectivity index (χ4n) is 2.57. The summed E-state index contributed by atoms with van der Waals surface area (Å²) in [4.78, 5) is 24.0. The minimum Gasteiger partial charge on any atom is -0.465 e. The Bertz CT molecular complexity index is 750. The van der Waals surface area contributed by atoms with Crippen molar-refractivity contribution in [3.05, 3.63) is 28.8 Å². The molecule has 2 rings (SSSR count). The lowest BCUT2D eigenvalue weighted by Crippen LogP contribution is -2.43. The van der Waals surface area contributed by atoms with Crippen molar-refractivity contribution in [1.29, 1.82) is 0 Å². The molecule has 1 N–H and O–H groups in total. The Morgan fingerprint density at radius 3 is 2.71 bits per heavy atom. The molecular formula is C15H19ClN2O5S. The van der Waals surface area contributed by atoms with Crippen LogP contribution in [0.2, 0.25) is 5.02 Å². The third kappa shape index (κ3) is 4.46. The summed E-state index contributed by atoms with van der Waals surface area (Å²) in [6, 6.07) is 4.50. The van der Waals surface area contributed by atoms with Gasteiger partial charge in [0.05, 0.1) is 29.9 Å². The van der Waals surface area contributed by atoms with Crippen molar-refractivity contribution < 1.29 is 22.7 Å². The molecule has 1 aromatic carbocycles. The molecule has 1 saturated heterocycles. The van der Waals surface area contributed by atoms with Crippen LogP contribution >= 0.6 is 11.6 Å². The number of hydrogen-bond donors (Lipinski definition) is 1. The summed E-state index contributed by atoms with van der Waals surface area (Å²) in [5, 5.41) is 2.93. The Morgan fingerprint density at radius 1 is 1.38 bits per heavy atom. The van der Waals surface area contributed by atoms with Crippen LogP contribution in [0.4, 0.5) is 5.69 Å². The van der Waals surface area contributed by atoms with Crippen LogP contribution in [-0.4, -0.2) is 51.1 Å². The van der Waals surface area contributed by atoms with E-state index in [0.717, 1.165) is 6.26 Å². The van der Waals surface area contributed by atoms with E-state index < -0.39 is 21.9 Å². The predicted octanol–water partition coefficient (Wildman–Crippen LogP) is 1.74. The van der Waals surface area contributed by atoms with Gasteiger partial charge in [0.1, 0.15) is 0 Å². The van der Waals surface area contributed by atoms with E-state index in [2.05, 4.69) is 10.1 Å². The summed E-state index contributed by atoms with van der Waals surface area (Å²) in [5.74, 6) is -1.33. The molecule has 1 atom stereocenters. The Labute approximate surface area is 146 Å². The highest BCUT2D eigenvalue weighted by Gasteiger charge is 2.30. The largest absolute Gasteiger partial charge is 0.465 e. The molecule has 9 heteroatoms. The topological polar surface area (TPSA) is 92.8 Å². The second kappa shape index (κ2) is 7.50. The Balaban J connectivity index is 2.11. The van der Waals surface area contributed by atoms with E-state index >= 15 is 0 Å². The highest BCUT2D eigenvalue weighted by Crippen LogP contribution is 2.24. The third-order valence-electron chi connectivity index (χ3n) is 3.86. The van der Waals surface area contributed by atoms with Crippen molar-refractivity contribution >= 4 is 39.2 Å². The van der Waals surface area contributed by atoms with Gasteiger partial charge in [0.2, 0.25) is 15.9 Å². The molecule has 24 heavy (non-hydrogen) atoms. The second-order valence-electron chi connectivity index (χ2n) is 5.64. The molecule has 0 bridgehead atoms. The van der Waals surface area contributed by atoms with Crippen LogP contribution in [0.15, 0.2) is 18.2 Å². The quantitative estimate of drug-likeness (QED) is 0.810. The maximum Gasteiger partial charge on any atom is 0.339 e. The molecule has 0 saturated carbocycles. The van der Waals surface area contributed by atoms with Crippen molar-refractivity contribution in [1.82, 2.24) is 4.31 Å². The van der Waals surface area contributed by atoms with E-state index in [-0.39, 0.29) is 23.0 Å². The SMILES string of the molecule is COC(=O)c1cc(NC(=O)[C@@H]2CCCN(S(C)(=O)=O)C2)ccc1Cl. The highest BCUT2D eigenvalue weighted by molar-refractivity contribution is 7.88. The highest BCUT2D eigenvalue weighted by atomic mass is 35.5. The molecule has 0 radical (unpaired) electrons. The number of nitrogens with one attached hydrogen (secondary N) is 1. The Morgan fingerprint density at radius 2 is 2.08 bits per heavy atom. The summed E-state index contributed by atoms with van der Waals surface area (Å²) < 4.78 is 29.2. The van der Waals surface area contributed by atoms with Gasteiger partial charge in [-0.15, -0.1) is 0 Å². The van der Waals surface area contributed by atoms with Crippen molar-refractivity contribution in [2.45, 2.75) is 12.8 Å². The smallest absolute Gasteiger partial charge is 0.339 e. The van der Waals surface area contributed by atoms with Crippen LogP contribution in [0, 0.1) is 5.92 Å². The third-order valence-corrected chi connectivity index (χ3v) is 5.46. The van der Waals surface area contributed by atoms with Crippen molar-refractivity contribution in [3.8, 4) is 0 Å². The zero-order valence-corrected chi connectivity index (χ0v) is 15.0. The van der Waals surface area contributed by atoms with Gasteiger partial charge in [-0.2, -0.15) is 0 Å². The van der Waals surface area contributed by atoms with Crippen LogP contribution in [0.5, 0.6) is 0 Å². The van der Waals surface area contributed by atoms with Gasteiger partial charge >= 0.3 is 5.97 Å². The number of nitrogens with zero attached hydrogens (tertiary/aromatic N) is 1. The first-order valence-electron chi connectivity index (χ1n) is 7.36. The Kier molecular flexibility index (Phi) is 5.84. The average Bonchev–Trinajstić information content (AvgIpc) is 2.55. The Hall–Kier alpha value is -1.64. The molecule has 1 heterocycles.